The minimum absolute atomic E-state index is 0.313. The SMILES string of the molecule is C=CC=CC(=CC)C1(c2ccccc2)c2ccccc2-c2cccc(C)c21. The van der Waals surface area contributed by atoms with E-state index in [4.69, 9.17) is 0 Å². The summed E-state index contributed by atoms with van der Waals surface area (Å²) in [4.78, 5) is 0. The summed E-state index contributed by atoms with van der Waals surface area (Å²) >= 11 is 0. The van der Waals surface area contributed by atoms with E-state index in [-0.39, 0.29) is 5.41 Å². The van der Waals surface area contributed by atoms with Crippen LogP contribution in [0.15, 0.2) is 109 Å². The van der Waals surface area contributed by atoms with E-state index in [2.05, 4.69) is 105 Å². The van der Waals surface area contributed by atoms with Gasteiger partial charge >= 0.3 is 0 Å². The van der Waals surface area contributed by atoms with Crippen molar-refractivity contribution >= 4 is 0 Å². The van der Waals surface area contributed by atoms with E-state index >= 15 is 0 Å². The lowest BCUT2D eigenvalue weighted by atomic mass is 9.66. The molecule has 3 aromatic rings. The molecule has 4 rings (SSSR count). The summed E-state index contributed by atoms with van der Waals surface area (Å²) in [6, 6.07) is 26.4. The van der Waals surface area contributed by atoms with Crippen molar-refractivity contribution < 1.29 is 0 Å². The second-order valence-corrected chi connectivity index (χ2v) is 7.00. The van der Waals surface area contributed by atoms with Crippen molar-refractivity contribution in [3.63, 3.8) is 0 Å². The van der Waals surface area contributed by atoms with Crippen molar-refractivity contribution in [3.8, 4) is 11.1 Å². The molecule has 3 aromatic carbocycles. The summed E-state index contributed by atoms with van der Waals surface area (Å²) < 4.78 is 0. The number of hydrogen-bond acceptors (Lipinski definition) is 0. The van der Waals surface area contributed by atoms with Gasteiger partial charge in [-0.1, -0.05) is 104 Å². The molecule has 0 amide bonds. The quantitative estimate of drug-likeness (QED) is 0.445. The van der Waals surface area contributed by atoms with Crippen LogP contribution in [-0.2, 0) is 5.41 Å². The molecule has 27 heavy (non-hydrogen) atoms. The van der Waals surface area contributed by atoms with Gasteiger partial charge < -0.3 is 0 Å². The van der Waals surface area contributed by atoms with Crippen molar-refractivity contribution in [1.82, 2.24) is 0 Å². The Morgan fingerprint density at radius 2 is 1.56 bits per heavy atom. The largest absolute Gasteiger partial charge is 0.0991 e. The predicted octanol–water partition coefficient (Wildman–Crippen LogP) is 7.00. The van der Waals surface area contributed by atoms with Crippen LogP contribution in [0.2, 0.25) is 0 Å². The zero-order valence-corrected chi connectivity index (χ0v) is 15.9. The van der Waals surface area contributed by atoms with Crippen LogP contribution in [0.3, 0.4) is 0 Å². The molecule has 0 aromatic heterocycles. The van der Waals surface area contributed by atoms with Crippen LogP contribution in [0.25, 0.3) is 11.1 Å². The van der Waals surface area contributed by atoms with Gasteiger partial charge in [-0.3, -0.25) is 0 Å². The second kappa shape index (κ2) is 6.89. The van der Waals surface area contributed by atoms with Gasteiger partial charge in [0.15, 0.2) is 0 Å². The Balaban J connectivity index is 2.21. The van der Waals surface area contributed by atoms with Crippen molar-refractivity contribution in [3.05, 3.63) is 132 Å². The van der Waals surface area contributed by atoms with Crippen LogP contribution < -0.4 is 0 Å². The summed E-state index contributed by atoms with van der Waals surface area (Å²) in [6.07, 6.45) is 8.34. The minimum atomic E-state index is -0.313. The van der Waals surface area contributed by atoms with Crippen molar-refractivity contribution in [2.75, 3.05) is 0 Å². The molecule has 0 heteroatoms. The van der Waals surface area contributed by atoms with Gasteiger partial charge in [-0.15, -0.1) is 0 Å². The Kier molecular flexibility index (Phi) is 4.41. The monoisotopic (exact) mass is 348 g/mol. The number of benzene rings is 3. The van der Waals surface area contributed by atoms with E-state index < -0.39 is 0 Å². The summed E-state index contributed by atoms with van der Waals surface area (Å²) in [5.41, 5.74) is 8.97. The van der Waals surface area contributed by atoms with E-state index in [0.29, 0.717) is 0 Å². The van der Waals surface area contributed by atoms with Crippen molar-refractivity contribution in [2.45, 2.75) is 19.3 Å². The lowest BCUT2D eigenvalue weighted by molar-refractivity contribution is 0.758. The van der Waals surface area contributed by atoms with E-state index in [9.17, 15) is 0 Å². The molecule has 1 aliphatic rings. The molecule has 0 saturated carbocycles. The third-order valence-electron chi connectivity index (χ3n) is 5.63. The molecule has 0 heterocycles. The maximum atomic E-state index is 3.88. The fourth-order valence-electron chi connectivity index (χ4n) is 4.63. The van der Waals surface area contributed by atoms with E-state index in [1.165, 1.54) is 39.0 Å². The fourth-order valence-corrected chi connectivity index (χ4v) is 4.63. The minimum Gasteiger partial charge on any atom is -0.0991 e. The average molecular weight is 348 g/mol. The number of fused-ring (bicyclic) bond motifs is 3. The zero-order valence-electron chi connectivity index (χ0n) is 15.9. The summed E-state index contributed by atoms with van der Waals surface area (Å²) in [5, 5.41) is 0. The molecule has 0 nitrogen and oxygen atoms in total. The van der Waals surface area contributed by atoms with Gasteiger partial charge in [0.2, 0.25) is 0 Å². The first kappa shape index (κ1) is 17.3. The topological polar surface area (TPSA) is 0 Å². The Morgan fingerprint density at radius 3 is 2.30 bits per heavy atom. The van der Waals surface area contributed by atoms with Gasteiger partial charge in [0.25, 0.3) is 0 Å². The summed E-state index contributed by atoms with van der Waals surface area (Å²) in [7, 11) is 0. The molecular formula is C27H24. The highest BCUT2D eigenvalue weighted by Gasteiger charge is 2.47. The molecule has 0 bridgehead atoms. The van der Waals surface area contributed by atoms with Gasteiger partial charge in [0.1, 0.15) is 0 Å². The standard InChI is InChI=1S/C27H24/c1-4-6-14-21(5-2)27(22-15-8-7-9-16-22)25-19-11-10-17-23(25)24-18-12-13-20(3)26(24)27/h4-19H,1H2,2-3H3. The van der Waals surface area contributed by atoms with Gasteiger partial charge in [-0.05, 0) is 52.8 Å². The van der Waals surface area contributed by atoms with Gasteiger partial charge in [0.05, 0.1) is 5.41 Å². The number of rotatable bonds is 4. The van der Waals surface area contributed by atoms with Crippen molar-refractivity contribution in [1.29, 1.82) is 0 Å². The lowest BCUT2D eigenvalue weighted by Gasteiger charge is -2.35. The van der Waals surface area contributed by atoms with E-state index in [0.717, 1.165) is 0 Å². The van der Waals surface area contributed by atoms with Crippen LogP contribution in [0.5, 0.6) is 0 Å². The van der Waals surface area contributed by atoms with Crippen LogP contribution in [-0.4, -0.2) is 0 Å². The molecular weight excluding hydrogens is 324 g/mol. The third-order valence-corrected chi connectivity index (χ3v) is 5.63. The first-order valence-electron chi connectivity index (χ1n) is 9.46. The Bertz CT molecular complexity index is 1050. The first-order valence-corrected chi connectivity index (χ1v) is 9.46. The van der Waals surface area contributed by atoms with Gasteiger partial charge in [0, 0.05) is 0 Å². The smallest absolute Gasteiger partial charge is 0.0712 e. The van der Waals surface area contributed by atoms with Crippen LogP contribution >= 0.6 is 0 Å². The van der Waals surface area contributed by atoms with Crippen LogP contribution in [0.4, 0.5) is 0 Å². The molecule has 132 valence electrons. The number of aryl methyl sites for hydroxylation is 1. The second-order valence-electron chi connectivity index (χ2n) is 7.00. The molecule has 1 aliphatic carbocycles. The number of allylic oxidation sites excluding steroid dienone is 5. The molecule has 0 spiro atoms. The summed E-state index contributed by atoms with van der Waals surface area (Å²) in [5.74, 6) is 0. The third kappa shape index (κ3) is 2.44. The molecule has 0 fully saturated rings. The molecule has 0 radical (unpaired) electrons. The molecule has 0 aliphatic heterocycles. The summed E-state index contributed by atoms with van der Waals surface area (Å²) in [6.45, 7) is 8.24. The first-order chi connectivity index (χ1) is 13.2. The normalized spacial score (nSPS) is 18.4. The van der Waals surface area contributed by atoms with Crippen LogP contribution in [0, 0.1) is 6.92 Å². The highest BCUT2D eigenvalue weighted by molar-refractivity contribution is 5.87. The zero-order chi connectivity index (χ0) is 18.9. The highest BCUT2D eigenvalue weighted by atomic mass is 14.5. The Hall–Kier alpha value is -3.12. The Labute approximate surface area is 162 Å². The van der Waals surface area contributed by atoms with Gasteiger partial charge in [-0.2, -0.15) is 0 Å². The van der Waals surface area contributed by atoms with Crippen LogP contribution in [0.1, 0.15) is 29.2 Å². The predicted molar refractivity (Wildman–Crippen MR) is 116 cm³/mol. The Morgan fingerprint density at radius 1 is 0.852 bits per heavy atom. The fraction of sp³-hybridized carbons (Fsp3) is 0.111. The maximum absolute atomic E-state index is 3.88. The number of hydrogen-bond donors (Lipinski definition) is 0. The van der Waals surface area contributed by atoms with E-state index in [1.807, 2.05) is 12.2 Å². The molecule has 1 atom stereocenters. The maximum Gasteiger partial charge on any atom is 0.0712 e. The lowest BCUT2D eigenvalue weighted by Crippen LogP contribution is -2.29. The average Bonchev–Trinajstić information content (AvgIpc) is 3.02. The highest BCUT2D eigenvalue weighted by Crippen LogP contribution is 2.57. The molecule has 0 saturated heterocycles. The van der Waals surface area contributed by atoms with E-state index in [1.54, 1.807) is 0 Å². The van der Waals surface area contributed by atoms with Gasteiger partial charge in [-0.25, -0.2) is 0 Å². The molecule has 1 unspecified atom stereocenters. The van der Waals surface area contributed by atoms with Crippen molar-refractivity contribution in [2.24, 2.45) is 0 Å². The molecule has 0 N–H and O–H groups in total.